The number of nitriles is 1. The van der Waals surface area contributed by atoms with Gasteiger partial charge in [0, 0.05) is 5.56 Å². The van der Waals surface area contributed by atoms with Crippen molar-refractivity contribution >= 4 is 12.0 Å². The number of benzene rings is 2. The minimum Gasteiger partial charge on any atom is -0.493 e. The third-order valence-corrected chi connectivity index (χ3v) is 3.07. The van der Waals surface area contributed by atoms with Gasteiger partial charge in [-0.15, -0.1) is 0 Å². The van der Waals surface area contributed by atoms with Crippen molar-refractivity contribution in [3.05, 3.63) is 71.3 Å². The van der Waals surface area contributed by atoms with Crippen LogP contribution in [-0.4, -0.2) is 12.6 Å². The standard InChI is InChI=1S/C19H17NO3/c1-2-22-18-11-7-6-10-16(18)12-17(13-20)19(21)23-14-15-8-4-3-5-9-15/h3-12H,2,14H2,1H3. The van der Waals surface area contributed by atoms with Crippen LogP contribution >= 0.6 is 0 Å². The van der Waals surface area contributed by atoms with E-state index < -0.39 is 5.97 Å². The summed E-state index contributed by atoms with van der Waals surface area (Å²) in [6, 6.07) is 18.4. The number of rotatable bonds is 6. The van der Waals surface area contributed by atoms with E-state index in [2.05, 4.69) is 0 Å². The van der Waals surface area contributed by atoms with Gasteiger partial charge in [0.15, 0.2) is 0 Å². The van der Waals surface area contributed by atoms with Crippen molar-refractivity contribution in [2.24, 2.45) is 0 Å². The molecular formula is C19H17NO3. The lowest BCUT2D eigenvalue weighted by Crippen LogP contribution is -2.07. The van der Waals surface area contributed by atoms with Gasteiger partial charge >= 0.3 is 5.97 Å². The number of carbonyl (C=O) groups excluding carboxylic acids is 1. The van der Waals surface area contributed by atoms with Crippen LogP contribution in [0.25, 0.3) is 6.08 Å². The Balaban J connectivity index is 2.12. The maximum absolute atomic E-state index is 12.1. The van der Waals surface area contributed by atoms with Crippen LogP contribution in [0.4, 0.5) is 0 Å². The van der Waals surface area contributed by atoms with Crippen LogP contribution in [0.1, 0.15) is 18.1 Å². The summed E-state index contributed by atoms with van der Waals surface area (Å²) in [6.07, 6.45) is 1.48. The molecule has 0 aromatic heterocycles. The molecule has 0 saturated heterocycles. The van der Waals surface area contributed by atoms with Gasteiger partial charge in [0.25, 0.3) is 0 Å². The van der Waals surface area contributed by atoms with Crippen molar-refractivity contribution in [1.82, 2.24) is 0 Å². The Bertz CT molecular complexity index is 730. The maximum atomic E-state index is 12.1. The van der Waals surface area contributed by atoms with Gasteiger partial charge in [-0.25, -0.2) is 4.79 Å². The molecule has 2 rings (SSSR count). The molecule has 4 nitrogen and oxygen atoms in total. The van der Waals surface area contributed by atoms with E-state index in [1.54, 1.807) is 12.1 Å². The van der Waals surface area contributed by atoms with Crippen LogP contribution in [0.2, 0.25) is 0 Å². The quantitative estimate of drug-likeness (QED) is 0.463. The molecule has 0 unspecified atom stereocenters. The number of nitrogens with zero attached hydrogens (tertiary/aromatic N) is 1. The predicted octanol–water partition coefficient (Wildman–Crippen LogP) is 3.74. The van der Waals surface area contributed by atoms with Crippen molar-refractivity contribution in [3.63, 3.8) is 0 Å². The average Bonchev–Trinajstić information content (AvgIpc) is 2.60. The molecule has 0 heterocycles. The van der Waals surface area contributed by atoms with Crippen LogP contribution in [0, 0.1) is 11.3 Å². The van der Waals surface area contributed by atoms with E-state index in [-0.39, 0.29) is 12.2 Å². The van der Waals surface area contributed by atoms with E-state index in [1.165, 1.54) is 6.08 Å². The molecule has 0 amide bonds. The zero-order valence-corrected chi connectivity index (χ0v) is 12.9. The number of carbonyl (C=O) groups is 1. The maximum Gasteiger partial charge on any atom is 0.349 e. The lowest BCUT2D eigenvalue weighted by atomic mass is 10.1. The average molecular weight is 307 g/mol. The second kappa shape index (κ2) is 8.40. The second-order valence-corrected chi connectivity index (χ2v) is 4.70. The molecule has 0 aliphatic heterocycles. The molecule has 23 heavy (non-hydrogen) atoms. The highest BCUT2D eigenvalue weighted by Crippen LogP contribution is 2.21. The summed E-state index contributed by atoms with van der Waals surface area (Å²) < 4.78 is 10.7. The van der Waals surface area contributed by atoms with E-state index in [0.717, 1.165) is 5.56 Å². The molecule has 0 radical (unpaired) electrons. The van der Waals surface area contributed by atoms with Crippen LogP contribution in [0.3, 0.4) is 0 Å². The van der Waals surface area contributed by atoms with Gasteiger partial charge in [0.05, 0.1) is 6.61 Å². The first-order valence-electron chi connectivity index (χ1n) is 7.29. The molecule has 0 fully saturated rings. The summed E-state index contributed by atoms with van der Waals surface area (Å²) in [4.78, 5) is 12.1. The second-order valence-electron chi connectivity index (χ2n) is 4.70. The Labute approximate surface area is 135 Å². The number of hydrogen-bond donors (Lipinski definition) is 0. The molecule has 0 aliphatic rings. The normalized spacial score (nSPS) is 10.7. The van der Waals surface area contributed by atoms with Crippen molar-refractivity contribution in [3.8, 4) is 11.8 Å². The number of hydrogen-bond acceptors (Lipinski definition) is 4. The summed E-state index contributed by atoms with van der Waals surface area (Å²) in [5.74, 6) is -0.0266. The molecule has 2 aromatic carbocycles. The highest BCUT2D eigenvalue weighted by atomic mass is 16.5. The molecule has 0 bridgehead atoms. The van der Waals surface area contributed by atoms with E-state index in [4.69, 9.17) is 9.47 Å². The van der Waals surface area contributed by atoms with Crippen molar-refractivity contribution < 1.29 is 14.3 Å². The Hall–Kier alpha value is -3.06. The number of ether oxygens (including phenoxy) is 2. The Morgan fingerprint density at radius 1 is 1.13 bits per heavy atom. The van der Waals surface area contributed by atoms with Gasteiger partial charge < -0.3 is 9.47 Å². The first-order chi connectivity index (χ1) is 11.2. The minimum atomic E-state index is -0.650. The number of para-hydroxylation sites is 1. The largest absolute Gasteiger partial charge is 0.493 e. The van der Waals surface area contributed by atoms with Gasteiger partial charge in [-0.2, -0.15) is 5.26 Å². The third-order valence-electron chi connectivity index (χ3n) is 3.07. The molecular weight excluding hydrogens is 290 g/mol. The molecule has 0 spiro atoms. The molecule has 116 valence electrons. The summed E-state index contributed by atoms with van der Waals surface area (Å²) in [6.45, 7) is 2.51. The zero-order valence-electron chi connectivity index (χ0n) is 12.9. The fourth-order valence-corrected chi connectivity index (χ4v) is 1.98. The molecule has 0 saturated carbocycles. The van der Waals surface area contributed by atoms with Crippen LogP contribution in [0.5, 0.6) is 5.75 Å². The smallest absolute Gasteiger partial charge is 0.349 e. The third kappa shape index (κ3) is 4.72. The predicted molar refractivity (Wildman–Crippen MR) is 87.4 cm³/mol. The van der Waals surface area contributed by atoms with E-state index in [9.17, 15) is 10.1 Å². The Morgan fingerprint density at radius 3 is 2.52 bits per heavy atom. The van der Waals surface area contributed by atoms with Crippen molar-refractivity contribution in [2.75, 3.05) is 6.61 Å². The molecule has 0 atom stereocenters. The fourth-order valence-electron chi connectivity index (χ4n) is 1.98. The van der Waals surface area contributed by atoms with Crippen LogP contribution < -0.4 is 4.74 Å². The first-order valence-corrected chi connectivity index (χ1v) is 7.29. The fraction of sp³-hybridized carbons (Fsp3) is 0.158. The molecule has 0 N–H and O–H groups in total. The number of esters is 1. The lowest BCUT2D eigenvalue weighted by Gasteiger charge is -2.07. The summed E-state index contributed by atoms with van der Waals surface area (Å²) in [5.41, 5.74) is 1.48. The van der Waals surface area contributed by atoms with Gasteiger partial charge in [0.1, 0.15) is 24.0 Å². The molecule has 2 aromatic rings. The van der Waals surface area contributed by atoms with Crippen LogP contribution in [0.15, 0.2) is 60.2 Å². The van der Waals surface area contributed by atoms with E-state index in [0.29, 0.717) is 17.9 Å². The molecule has 0 aliphatic carbocycles. The minimum absolute atomic E-state index is 0.0620. The van der Waals surface area contributed by atoms with E-state index >= 15 is 0 Å². The van der Waals surface area contributed by atoms with Gasteiger partial charge in [-0.1, -0.05) is 48.5 Å². The monoisotopic (exact) mass is 307 g/mol. The topological polar surface area (TPSA) is 59.3 Å². The summed E-state index contributed by atoms with van der Waals surface area (Å²) in [7, 11) is 0. The molecule has 4 heteroatoms. The van der Waals surface area contributed by atoms with Gasteiger partial charge in [-0.05, 0) is 24.6 Å². The Kier molecular flexibility index (Phi) is 5.96. The van der Waals surface area contributed by atoms with Gasteiger partial charge in [0.2, 0.25) is 0 Å². The Morgan fingerprint density at radius 2 is 1.83 bits per heavy atom. The summed E-state index contributed by atoms with van der Waals surface area (Å²) >= 11 is 0. The van der Waals surface area contributed by atoms with Crippen LogP contribution in [-0.2, 0) is 16.1 Å². The van der Waals surface area contributed by atoms with Crippen molar-refractivity contribution in [2.45, 2.75) is 13.5 Å². The first kappa shape index (κ1) is 16.3. The summed E-state index contributed by atoms with van der Waals surface area (Å²) in [5, 5.41) is 9.22. The van der Waals surface area contributed by atoms with Gasteiger partial charge in [-0.3, -0.25) is 0 Å². The highest BCUT2D eigenvalue weighted by Gasteiger charge is 2.12. The lowest BCUT2D eigenvalue weighted by molar-refractivity contribution is -0.139. The highest BCUT2D eigenvalue weighted by molar-refractivity contribution is 5.98. The van der Waals surface area contributed by atoms with Crippen molar-refractivity contribution in [1.29, 1.82) is 5.26 Å². The SMILES string of the molecule is CCOc1ccccc1C=C(C#N)C(=O)OCc1ccccc1. The zero-order chi connectivity index (χ0) is 16.5. The van der Waals surface area contributed by atoms with E-state index in [1.807, 2.05) is 55.5 Å².